The Morgan fingerprint density at radius 2 is 2.30 bits per heavy atom. The monoisotopic (exact) mass is 289 g/mol. The molecule has 2 heterocycles. The van der Waals surface area contributed by atoms with Crippen LogP contribution in [0.5, 0.6) is 0 Å². The molecule has 2 aromatic heterocycles. The summed E-state index contributed by atoms with van der Waals surface area (Å²) in [5.41, 5.74) is 1.72. The van der Waals surface area contributed by atoms with E-state index in [1.807, 2.05) is 26.0 Å². The van der Waals surface area contributed by atoms with E-state index < -0.39 is 0 Å². The maximum absolute atomic E-state index is 12.2. The molecule has 0 aliphatic rings. The second-order valence-corrected chi connectivity index (χ2v) is 5.84. The summed E-state index contributed by atoms with van der Waals surface area (Å²) < 4.78 is 0. The van der Waals surface area contributed by atoms with Crippen LogP contribution in [0.1, 0.15) is 42.1 Å². The minimum atomic E-state index is -0.0314. The van der Waals surface area contributed by atoms with E-state index in [9.17, 15) is 4.79 Å². The molecule has 0 aliphatic heterocycles. The molecule has 0 unspecified atom stereocenters. The fourth-order valence-corrected chi connectivity index (χ4v) is 2.97. The van der Waals surface area contributed by atoms with Crippen LogP contribution in [0.25, 0.3) is 10.6 Å². The molecule has 0 fully saturated rings. The van der Waals surface area contributed by atoms with Crippen molar-refractivity contribution in [1.29, 1.82) is 0 Å². The first kappa shape index (κ1) is 14.7. The van der Waals surface area contributed by atoms with Gasteiger partial charge in [0.05, 0.1) is 5.69 Å². The Morgan fingerprint density at radius 1 is 1.50 bits per heavy atom. The summed E-state index contributed by atoms with van der Waals surface area (Å²) in [5, 5.41) is 3.86. The molecular weight excluding hydrogens is 270 g/mol. The van der Waals surface area contributed by atoms with Crippen LogP contribution in [0.4, 0.5) is 0 Å². The predicted molar refractivity (Wildman–Crippen MR) is 81.9 cm³/mol. The molecule has 1 N–H and O–H groups in total. The molecule has 0 saturated heterocycles. The maximum atomic E-state index is 12.2. The molecule has 0 spiro atoms. The lowest BCUT2D eigenvalue weighted by atomic mass is 10.2. The number of hydrogen-bond donors (Lipinski definition) is 1. The Bertz CT molecular complexity index is 580. The van der Waals surface area contributed by atoms with Crippen LogP contribution in [0, 0.1) is 6.92 Å². The molecule has 1 amide bonds. The summed E-state index contributed by atoms with van der Waals surface area (Å²) in [6.07, 6.45) is 5.53. The van der Waals surface area contributed by atoms with Gasteiger partial charge in [-0.2, -0.15) is 0 Å². The lowest BCUT2D eigenvalue weighted by Crippen LogP contribution is -2.32. The van der Waals surface area contributed by atoms with E-state index in [0.29, 0.717) is 4.88 Å². The highest BCUT2D eigenvalue weighted by molar-refractivity contribution is 7.17. The lowest BCUT2D eigenvalue weighted by Gasteiger charge is -2.11. The lowest BCUT2D eigenvalue weighted by molar-refractivity contribution is 0.0941. The van der Waals surface area contributed by atoms with Gasteiger partial charge in [0.1, 0.15) is 9.88 Å². The van der Waals surface area contributed by atoms with Gasteiger partial charge in [-0.3, -0.25) is 9.78 Å². The topological polar surface area (TPSA) is 54.9 Å². The van der Waals surface area contributed by atoms with E-state index in [1.165, 1.54) is 11.3 Å². The summed E-state index contributed by atoms with van der Waals surface area (Å²) in [4.78, 5) is 21.5. The molecule has 2 aromatic rings. The predicted octanol–water partition coefficient (Wildman–Crippen LogP) is 3.43. The van der Waals surface area contributed by atoms with Crippen LogP contribution in [0.15, 0.2) is 24.5 Å². The first-order valence-corrected chi connectivity index (χ1v) is 7.62. The average Bonchev–Trinajstić information content (AvgIpc) is 2.82. The van der Waals surface area contributed by atoms with E-state index in [4.69, 9.17) is 0 Å². The number of aryl methyl sites for hydroxylation is 1. The van der Waals surface area contributed by atoms with Crippen LogP contribution < -0.4 is 5.32 Å². The molecule has 4 nitrogen and oxygen atoms in total. The van der Waals surface area contributed by atoms with Crippen molar-refractivity contribution >= 4 is 17.2 Å². The molecule has 5 heteroatoms. The van der Waals surface area contributed by atoms with Crippen LogP contribution in [-0.4, -0.2) is 21.9 Å². The van der Waals surface area contributed by atoms with Crippen LogP contribution in [0.3, 0.4) is 0 Å². The van der Waals surface area contributed by atoms with Crippen molar-refractivity contribution in [3.63, 3.8) is 0 Å². The van der Waals surface area contributed by atoms with Crippen molar-refractivity contribution < 1.29 is 4.79 Å². The van der Waals surface area contributed by atoms with Gasteiger partial charge >= 0.3 is 0 Å². The molecule has 106 valence electrons. The minimum absolute atomic E-state index is 0.0314. The van der Waals surface area contributed by atoms with Gasteiger partial charge in [0.2, 0.25) is 0 Å². The largest absolute Gasteiger partial charge is 0.349 e. The van der Waals surface area contributed by atoms with Gasteiger partial charge in [-0.05, 0) is 32.4 Å². The Balaban J connectivity index is 2.17. The Morgan fingerprint density at radius 3 is 2.95 bits per heavy atom. The van der Waals surface area contributed by atoms with Gasteiger partial charge in [-0.25, -0.2) is 4.98 Å². The SMILES string of the molecule is CCC[C@@H](C)NC(=O)c1sc(-c2cccnc2)nc1C. The second kappa shape index (κ2) is 6.61. The maximum Gasteiger partial charge on any atom is 0.263 e. The third kappa shape index (κ3) is 3.42. The minimum Gasteiger partial charge on any atom is -0.349 e. The van der Waals surface area contributed by atoms with Crippen molar-refractivity contribution in [2.75, 3.05) is 0 Å². The van der Waals surface area contributed by atoms with Gasteiger partial charge in [-0.15, -0.1) is 11.3 Å². The molecule has 0 saturated carbocycles. The molecule has 20 heavy (non-hydrogen) atoms. The molecule has 0 bridgehead atoms. The van der Waals surface area contributed by atoms with E-state index >= 15 is 0 Å². The fourth-order valence-electron chi connectivity index (χ4n) is 2.01. The van der Waals surface area contributed by atoms with E-state index in [2.05, 4.69) is 22.2 Å². The van der Waals surface area contributed by atoms with Crippen LogP contribution in [0.2, 0.25) is 0 Å². The van der Waals surface area contributed by atoms with Crippen molar-refractivity contribution in [1.82, 2.24) is 15.3 Å². The van der Waals surface area contributed by atoms with Crippen molar-refractivity contribution in [2.24, 2.45) is 0 Å². The quantitative estimate of drug-likeness (QED) is 0.917. The third-order valence-electron chi connectivity index (χ3n) is 3.01. The molecule has 0 aliphatic carbocycles. The Hall–Kier alpha value is -1.75. The Kier molecular flexibility index (Phi) is 4.84. The normalized spacial score (nSPS) is 12.2. The van der Waals surface area contributed by atoms with Crippen LogP contribution in [-0.2, 0) is 0 Å². The molecule has 0 radical (unpaired) electrons. The van der Waals surface area contributed by atoms with E-state index in [1.54, 1.807) is 12.4 Å². The number of hydrogen-bond acceptors (Lipinski definition) is 4. The standard InChI is InChI=1S/C15H19N3OS/c1-4-6-10(2)17-14(19)13-11(3)18-15(20-13)12-7-5-8-16-9-12/h5,7-10H,4,6H2,1-3H3,(H,17,19)/t10-/m1/s1. The zero-order valence-corrected chi connectivity index (χ0v) is 12.8. The number of carbonyl (C=O) groups excluding carboxylic acids is 1. The highest BCUT2D eigenvalue weighted by atomic mass is 32.1. The zero-order valence-electron chi connectivity index (χ0n) is 12.0. The fraction of sp³-hybridized carbons (Fsp3) is 0.400. The number of nitrogens with zero attached hydrogens (tertiary/aromatic N) is 2. The summed E-state index contributed by atoms with van der Waals surface area (Å²) in [5.74, 6) is -0.0314. The number of amides is 1. The van der Waals surface area contributed by atoms with Crippen molar-refractivity contribution in [3.8, 4) is 10.6 Å². The molecule has 1 atom stereocenters. The summed E-state index contributed by atoms with van der Waals surface area (Å²) in [6, 6.07) is 4.01. The third-order valence-corrected chi connectivity index (χ3v) is 4.22. The summed E-state index contributed by atoms with van der Waals surface area (Å²) in [6.45, 7) is 6.01. The number of rotatable bonds is 5. The van der Waals surface area contributed by atoms with Gasteiger partial charge in [0, 0.05) is 24.0 Å². The van der Waals surface area contributed by atoms with Gasteiger partial charge in [-0.1, -0.05) is 13.3 Å². The number of aromatic nitrogens is 2. The first-order valence-electron chi connectivity index (χ1n) is 6.80. The van der Waals surface area contributed by atoms with Gasteiger partial charge < -0.3 is 5.32 Å². The molecule has 2 rings (SSSR count). The van der Waals surface area contributed by atoms with E-state index in [0.717, 1.165) is 29.1 Å². The number of carbonyl (C=O) groups is 1. The number of pyridine rings is 1. The molecular formula is C15H19N3OS. The summed E-state index contributed by atoms with van der Waals surface area (Å²) in [7, 11) is 0. The second-order valence-electron chi connectivity index (χ2n) is 4.84. The zero-order chi connectivity index (χ0) is 14.5. The smallest absolute Gasteiger partial charge is 0.263 e. The highest BCUT2D eigenvalue weighted by Gasteiger charge is 2.17. The van der Waals surface area contributed by atoms with Crippen molar-refractivity contribution in [3.05, 3.63) is 35.1 Å². The Labute approximate surface area is 123 Å². The number of nitrogens with one attached hydrogen (secondary N) is 1. The average molecular weight is 289 g/mol. The summed E-state index contributed by atoms with van der Waals surface area (Å²) >= 11 is 1.42. The first-order chi connectivity index (χ1) is 9.61. The number of thiazole rings is 1. The van der Waals surface area contributed by atoms with Crippen molar-refractivity contribution in [2.45, 2.75) is 39.7 Å². The highest BCUT2D eigenvalue weighted by Crippen LogP contribution is 2.27. The van der Waals surface area contributed by atoms with Crippen LogP contribution >= 0.6 is 11.3 Å². The van der Waals surface area contributed by atoms with Gasteiger partial charge in [0.25, 0.3) is 5.91 Å². The van der Waals surface area contributed by atoms with Gasteiger partial charge in [0.15, 0.2) is 0 Å². The molecule has 0 aromatic carbocycles. The van der Waals surface area contributed by atoms with E-state index in [-0.39, 0.29) is 11.9 Å².